The first-order valence-corrected chi connectivity index (χ1v) is 7.93. The van der Waals surface area contributed by atoms with Crippen LogP contribution in [-0.4, -0.2) is 45.7 Å². The van der Waals surface area contributed by atoms with Gasteiger partial charge in [0.25, 0.3) is 0 Å². The fraction of sp³-hybridized carbons (Fsp3) is 0.294. The molecule has 4 amide bonds. The van der Waals surface area contributed by atoms with E-state index in [0.717, 1.165) is 15.5 Å². The highest BCUT2D eigenvalue weighted by atomic mass is 16.5. The van der Waals surface area contributed by atoms with E-state index in [1.807, 2.05) is 0 Å². The quantitative estimate of drug-likeness (QED) is 0.584. The van der Waals surface area contributed by atoms with Gasteiger partial charge in [0.2, 0.25) is 0 Å². The first kappa shape index (κ1) is 16.7. The minimum atomic E-state index is -0.873. The van der Waals surface area contributed by atoms with Gasteiger partial charge < -0.3 is 4.74 Å². The van der Waals surface area contributed by atoms with Crippen molar-refractivity contribution in [2.75, 3.05) is 18.1 Å². The number of hydrogen-bond donors (Lipinski definition) is 0. The molecule has 0 atom stereocenters. The molecule has 2 aromatic rings. The fourth-order valence-electron chi connectivity index (χ4n) is 2.71. The third-order valence-electron chi connectivity index (χ3n) is 3.97. The van der Waals surface area contributed by atoms with Crippen molar-refractivity contribution in [3.63, 3.8) is 0 Å². The van der Waals surface area contributed by atoms with Crippen molar-refractivity contribution in [1.29, 1.82) is 0 Å². The van der Waals surface area contributed by atoms with Crippen molar-refractivity contribution in [1.82, 2.24) is 14.7 Å². The number of hydrogen-bond acceptors (Lipinski definition) is 5. The number of anilines is 1. The number of rotatable bonds is 6. The Morgan fingerprint density at radius 2 is 1.84 bits per heavy atom. The van der Waals surface area contributed by atoms with Crippen LogP contribution in [-0.2, 0) is 23.1 Å². The van der Waals surface area contributed by atoms with Crippen molar-refractivity contribution in [3.8, 4) is 5.75 Å². The summed E-state index contributed by atoms with van der Waals surface area (Å²) in [5.74, 6) is -1.33. The maximum Gasteiger partial charge on any atom is 0.339 e. The first-order valence-electron chi connectivity index (χ1n) is 7.93. The Balaban J connectivity index is 1.83. The Hall–Kier alpha value is -3.16. The molecule has 0 aliphatic carbocycles. The zero-order valence-electron chi connectivity index (χ0n) is 14.0. The lowest BCUT2D eigenvalue weighted by molar-refractivity contribution is -0.139. The SMILES string of the molecule is CCOc1ccccc1N1C(=O)C(=O)N(CCc2ccnn2C)C1=O. The fourth-order valence-corrected chi connectivity index (χ4v) is 2.71. The predicted molar refractivity (Wildman–Crippen MR) is 89.1 cm³/mol. The van der Waals surface area contributed by atoms with Gasteiger partial charge in [-0.1, -0.05) is 12.1 Å². The Morgan fingerprint density at radius 3 is 2.52 bits per heavy atom. The number of imide groups is 2. The molecule has 0 unspecified atom stereocenters. The molecule has 25 heavy (non-hydrogen) atoms. The number of urea groups is 1. The summed E-state index contributed by atoms with van der Waals surface area (Å²) in [6, 6.07) is 7.79. The summed E-state index contributed by atoms with van der Waals surface area (Å²) in [4.78, 5) is 39.1. The second-order valence-electron chi connectivity index (χ2n) is 5.48. The minimum Gasteiger partial charge on any atom is -0.492 e. The van der Waals surface area contributed by atoms with E-state index >= 15 is 0 Å². The molecule has 1 aliphatic heterocycles. The number of nitrogens with zero attached hydrogens (tertiary/aromatic N) is 4. The van der Waals surface area contributed by atoms with Crippen LogP contribution in [0.15, 0.2) is 36.5 Å². The Morgan fingerprint density at radius 1 is 1.08 bits per heavy atom. The van der Waals surface area contributed by atoms with Gasteiger partial charge in [0, 0.05) is 31.9 Å². The smallest absolute Gasteiger partial charge is 0.339 e. The summed E-state index contributed by atoms with van der Waals surface area (Å²) < 4.78 is 7.13. The third-order valence-corrected chi connectivity index (χ3v) is 3.97. The van der Waals surface area contributed by atoms with Gasteiger partial charge in [0.05, 0.1) is 12.3 Å². The van der Waals surface area contributed by atoms with E-state index in [9.17, 15) is 14.4 Å². The van der Waals surface area contributed by atoms with Gasteiger partial charge in [0.1, 0.15) is 5.75 Å². The number of benzene rings is 1. The zero-order valence-corrected chi connectivity index (χ0v) is 14.0. The van der Waals surface area contributed by atoms with E-state index in [4.69, 9.17) is 4.74 Å². The van der Waals surface area contributed by atoms with Gasteiger partial charge in [-0.25, -0.2) is 9.69 Å². The van der Waals surface area contributed by atoms with Gasteiger partial charge in [-0.05, 0) is 25.1 Å². The molecule has 0 bridgehead atoms. The van der Waals surface area contributed by atoms with Crippen LogP contribution in [0.2, 0.25) is 0 Å². The number of carbonyl (C=O) groups excluding carboxylic acids is 3. The molecule has 1 aliphatic rings. The molecule has 0 spiro atoms. The standard InChI is InChI=1S/C17H18N4O4/c1-3-25-14-7-5-4-6-13(14)21-16(23)15(22)20(17(21)24)11-9-12-8-10-18-19(12)2/h4-8,10H,3,9,11H2,1-2H3. The van der Waals surface area contributed by atoms with E-state index in [1.54, 1.807) is 55.2 Å². The number of amides is 4. The van der Waals surface area contributed by atoms with Crippen molar-refractivity contribution >= 4 is 23.5 Å². The molecule has 2 heterocycles. The molecule has 1 saturated heterocycles. The minimum absolute atomic E-state index is 0.107. The van der Waals surface area contributed by atoms with Crippen molar-refractivity contribution in [3.05, 3.63) is 42.2 Å². The third kappa shape index (κ3) is 2.98. The van der Waals surface area contributed by atoms with Crippen LogP contribution in [0.5, 0.6) is 5.75 Å². The average Bonchev–Trinajstić information content (AvgIpc) is 3.09. The van der Waals surface area contributed by atoms with E-state index < -0.39 is 17.8 Å². The Bertz CT molecular complexity index is 830. The van der Waals surface area contributed by atoms with E-state index in [1.165, 1.54) is 0 Å². The number of para-hydroxylation sites is 2. The van der Waals surface area contributed by atoms with Crippen LogP contribution in [0.3, 0.4) is 0 Å². The van der Waals surface area contributed by atoms with Crippen LogP contribution in [0.25, 0.3) is 0 Å². The summed E-state index contributed by atoms with van der Waals surface area (Å²) >= 11 is 0. The number of carbonyl (C=O) groups is 3. The molecule has 0 N–H and O–H groups in total. The molecule has 8 nitrogen and oxygen atoms in total. The van der Waals surface area contributed by atoms with Gasteiger partial charge >= 0.3 is 17.8 Å². The Labute approximate surface area is 144 Å². The highest BCUT2D eigenvalue weighted by Gasteiger charge is 2.46. The predicted octanol–water partition coefficient (Wildman–Crippen LogP) is 1.36. The lowest BCUT2D eigenvalue weighted by Crippen LogP contribution is -2.35. The number of aromatic nitrogens is 2. The lowest BCUT2D eigenvalue weighted by Gasteiger charge is -2.18. The molecular weight excluding hydrogens is 324 g/mol. The number of aryl methyl sites for hydroxylation is 1. The summed E-state index contributed by atoms with van der Waals surface area (Å²) in [5, 5.41) is 4.04. The van der Waals surface area contributed by atoms with E-state index in [-0.39, 0.29) is 12.2 Å². The second-order valence-corrected chi connectivity index (χ2v) is 5.48. The summed E-state index contributed by atoms with van der Waals surface area (Å²) in [5.41, 5.74) is 1.14. The largest absolute Gasteiger partial charge is 0.492 e. The average molecular weight is 342 g/mol. The van der Waals surface area contributed by atoms with Crippen molar-refractivity contribution in [2.45, 2.75) is 13.3 Å². The van der Waals surface area contributed by atoms with Gasteiger partial charge in [-0.15, -0.1) is 0 Å². The maximum absolute atomic E-state index is 12.7. The highest BCUT2D eigenvalue weighted by molar-refractivity contribution is 6.53. The summed E-state index contributed by atoms with van der Waals surface area (Å²) in [6.07, 6.45) is 2.06. The normalized spacial score (nSPS) is 14.6. The van der Waals surface area contributed by atoms with Crippen molar-refractivity contribution < 1.29 is 19.1 Å². The summed E-state index contributed by atoms with van der Waals surface area (Å²) in [6.45, 7) is 2.29. The highest BCUT2D eigenvalue weighted by Crippen LogP contribution is 2.31. The maximum atomic E-state index is 12.7. The van der Waals surface area contributed by atoms with Crippen LogP contribution in [0.4, 0.5) is 10.5 Å². The molecule has 8 heteroatoms. The van der Waals surface area contributed by atoms with Gasteiger partial charge in [0.15, 0.2) is 0 Å². The van der Waals surface area contributed by atoms with Crippen LogP contribution < -0.4 is 9.64 Å². The number of ether oxygens (including phenoxy) is 1. The molecule has 1 aromatic carbocycles. The molecule has 1 fully saturated rings. The monoisotopic (exact) mass is 342 g/mol. The molecule has 3 rings (SSSR count). The summed E-state index contributed by atoms with van der Waals surface area (Å²) in [7, 11) is 1.78. The first-order chi connectivity index (χ1) is 12.0. The van der Waals surface area contributed by atoms with Gasteiger partial charge in [-0.2, -0.15) is 5.10 Å². The Kier molecular flexibility index (Phi) is 4.51. The van der Waals surface area contributed by atoms with E-state index in [2.05, 4.69) is 5.10 Å². The van der Waals surface area contributed by atoms with Crippen LogP contribution >= 0.6 is 0 Å². The topological polar surface area (TPSA) is 84.7 Å². The molecule has 0 radical (unpaired) electrons. The zero-order chi connectivity index (χ0) is 18.0. The van der Waals surface area contributed by atoms with Crippen molar-refractivity contribution in [2.24, 2.45) is 7.05 Å². The van der Waals surface area contributed by atoms with Gasteiger partial charge in [-0.3, -0.25) is 19.2 Å². The molecule has 130 valence electrons. The second kappa shape index (κ2) is 6.76. The van der Waals surface area contributed by atoms with Crippen LogP contribution in [0, 0.1) is 0 Å². The van der Waals surface area contributed by atoms with E-state index in [0.29, 0.717) is 18.8 Å². The molecule has 0 saturated carbocycles. The molecule has 1 aromatic heterocycles. The molecular formula is C17H18N4O4. The lowest BCUT2D eigenvalue weighted by atomic mass is 10.2. The van der Waals surface area contributed by atoms with Crippen LogP contribution in [0.1, 0.15) is 12.6 Å².